The molecule has 1 aromatic rings. The molecule has 0 bridgehead atoms. The molecule has 1 atom stereocenters. The van der Waals surface area contributed by atoms with Crippen LogP contribution in [0.15, 0.2) is 24.3 Å². The van der Waals surface area contributed by atoms with Gasteiger partial charge in [0.15, 0.2) is 0 Å². The van der Waals surface area contributed by atoms with Gasteiger partial charge in [-0.25, -0.2) is 4.39 Å². The van der Waals surface area contributed by atoms with E-state index < -0.39 is 0 Å². The summed E-state index contributed by atoms with van der Waals surface area (Å²) >= 11 is 0. The Labute approximate surface area is 104 Å². The number of benzene rings is 1. The quantitative estimate of drug-likeness (QED) is 0.684. The van der Waals surface area contributed by atoms with Gasteiger partial charge in [0.25, 0.3) is 0 Å². The molecule has 0 N–H and O–H groups in total. The molecule has 1 aliphatic rings. The lowest BCUT2D eigenvalue weighted by Gasteiger charge is -2.43. The number of hydrogen-bond acceptors (Lipinski definition) is 0. The van der Waals surface area contributed by atoms with Crippen LogP contribution < -0.4 is 0 Å². The van der Waals surface area contributed by atoms with Gasteiger partial charge < -0.3 is 0 Å². The molecule has 0 radical (unpaired) electrons. The Balaban J connectivity index is 2.35. The van der Waals surface area contributed by atoms with E-state index in [9.17, 15) is 4.39 Å². The minimum Gasteiger partial charge on any atom is -0.207 e. The summed E-state index contributed by atoms with van der Waals surface area (Å²) in [5.74, 6) is 0.567. The second kappa shape index (κ2) is 5.20. The van der Waals surface area contributed by atoms with Gasteiger partial charge in [0.2, 0.25) is 0 Å². The fourth-order valence-electron chi connectivity index (χ4n) is 3.42. The Morgan fingerprint density at radius 1 is 1.12 bits per heavy atom. The highest BCUT2D eigenvalue weighted by molar-refractivity contribution is 5.27. The molecule has 1 unspecified atom stereocenters. The second-order valence-electron chi connectivity index (χ2n) is 5.53. The number of halogens is 1. The molecule has 0 aliphatic heterocycles. The van der Waals surface area contributed by atoms with E-state index in [0.29, 0.717) is 11.3 Å². The molecular formula is C16H23F. The molecule has 1 aliphatic carbocycles. The molecule has 17 heavy (non-hydrogen) atoms. The fourth-order valence-corrected chi connectivity index (χ4v) is 3.42. The summed E-state index contributed by atoms with van der Waals surface area (Å²) in [4.78, 5) is 0. The van der Waals surface area contributed by atoms with Gasteiger partial charge in [-0.1, -0.05) is 51.7 Å². The first-order valence-corrected chi connectivity index (χ1v) is 6.95. The molecule has 0 heterocycles. The van der Waals surface area contributed by atoms with Gasteiger partial charge in [-0.2, -0.15) is 0 Å². The monoisotopic (exact) mass is 234 g/mol. The largest absolute Gasteiger partial charge is 0.207 e. The lowest BCUT2D eigenvalue weighted by atomic mass is 9.62. The fraction of sp³-hybridized carbons (Fsp3) is 0.625. The van der Waals surface area contributed by atoms with E-state index in [-0.39, 0.29) is 5.82 Å². The standard InChI is InChI=1S/C16H23F/c1-3-13(2)16(11-5-4-6-12-16)14-7-9-15(17)10-8-14/h7-10,13H,3-6,11-12H2,1-2H3. The summed E-state index contributed by atoms with van der Waals surface area (Å²) in [7, 11) is 0. The van der Waals surface area contributed by atoms with Crippen LogP contribution in [0.4, 0.5) is 4.39 Å². The van der Waals surface area contributed by atoms with Crippen molar-refractivity contribution in [3.63, 3.8) is 0 Å². The van der Waals surface area contributed by atoms with Crippen LogP contribution in [0.3, 0.4) is 0 Å². The van der Waals surface area contributed by atoms with E-state index in [1.165, 1.54) is 44.1 Å². The molecule has 0 saturated heterocycles. The van der Waals surface area contributed by atoms with Crippen molar-refractivity contribution >= 4 is 0 Å². The first-order chi connectivity index (χ1) is 8.19. The average Bonchev–Trinajstić information content (AvgIpc) is 2.39. The zero-order valence-electron chi connectivity index (χ0n) is 11.0. The summed E-state index contributed by atoms with van der Waals surface area (Å²) in [6.45, 7) is 4.62. The summed E-state index contributed by atoms with van der Waals surface area (Å²) in [5, 5.41) is 0. The van der Waals surface area contributed by atoms with Crippen molar-refractivity contribution in [2.24, 2.45) is 5.92 Å². The Hall–Kier alpha value is -0.850. The third-order valence-corrected chi connectivity index (χ3v) is 4.72. The van der Waals surface area contributed by atoms with Crippen LogP contribution in [0, 0.1) is 11.7 Å². The average molecular weight is 234 g/mol. The maximum absolute atomic E-state index is 13.1. The predicted molar refractivity (Wildman–Crippen MR) is 70.6 cm³/mol. The van der Waals surface area contributed by atoms with E-state index in [1.807, 2.05) is 12.1 Å². The molecule has 94 valence electrons. The van der Waals surface area contributed by atoms with Crippen molar-refractivity contribution in [1.29, 1.82) is 0 Å². The molecular weight excluding hydrogens is 211 g/mol. The molecule has 1 aromatic carbocycles. The molecule has 1 fully saturated rings. The zero-order valence-corrected chi connectivity index (χ0v) is 11.0. The van der Waals surface area contributed by atoms with Crippen LogP contribution >= 0.6 is 0 Å². The van der Waals surface area contributed by atoms with E-state index in [2.05, 4.69) is 13.8 Å². The number of rotatable bonds is 3. The molecule has 0 spiro atoms. The van der Waals surface area contributed by atoms with Gasteiger partial charge in [0.05, 0.1) is 0 Å². The SMILES string of the molecule is CCC(C)C1(c2ccc(F)cc2)CCCCC1. The van der Waals surface area contributed by atoms with Gasteiger partial charge >= 0.3 is 0 Å². The maximum Gasteiger partial charge on any atom is 0.123 e. The van der Waals surface area contributed by atoms with E-state index >= 15 is 0 Å². The predicted octanol–water partition coefficient (Wildman–Crippen LogP) is 5.07. The van der Waals surface area contributed by atoms with E-state index in [1.54, 1.807) is 12.1 Å². The molecule has 1 saturated carbocycles. The van der Waals surface area contributed by atoms with Gasteiger partial charge in [-0.3, -0.25) is 0 Å². The highest BCUT2D eigenvalue weighted by Gasteiger charge is 2.37. The Bertz CT molecular complexity index is 346. The Morgan fingerprint density at radius 2 is 1.71 bits per heavy atom. The molecule has 1 heteroatoms. The Morgan fingerprint density at radius 3 is 2.24 bits per heavy atom. The molecule has 0 aromatic heterocycles. The number of hydrogen-bond donors (Lipinski definition) is 0. The highest BCUT2D eigenvalue weighted by Crippen LogP contribution is 2.46. The summed E-state index contributed by atoms with van der Waals surface area (Å²) in [6, 6.07) is 7.25. The smallest absolute Gasteiger partial charge is 0.123 e. The molecule has 0 amide bonds. The minimum absolute atomic E-state index is 0.121. The maximum atomic E-state index is 13.1. The third-order valence-electron chi connectivity index (χ3n) is 4.72. The van der Waals surface area contributed by atoms with Crippen molar-refractivity contribution in [3.8, 4) is 0 Å². The van der Waals surface area contributed by atoms with Gasteiger partial charge in [0, 0.05) is 0 Å². The summed E-state index contributed by atoms with van der Waals surface area (Å²) in [6.07, 6.45) is 7.75. The van der Waals surface area contributed by atoms with E-state index in [0.717, 1.165) is 0 Å². The molecule has 0 nitrogen and oxygen atoms in total. The summed E-state index contributed by atoms with van der Waals surface area (Å²) < 4.78 is 13.1. The Kier molecular flexibility index (Phi) is 3.86. The lowest BCUT2D eigenvalue weighted by Crippen LogP contribution is -2.35. The lowest BCUT2D eigenvalue weighted by molar-refractivity contribution is 0.198. The van der Waals surface area contributed by atoms with Crippen LogP contribution in [-0.2, 0) is 5.41 Å². The normalized spacial score (nSPS) is 21.1. The van der Waals surface area contributed by atoms with Crippen LogP contribution in [0.25, 0.3) is 0 Å². The van der Waals surface area contributed by atoms with Crippen LogP contribution in [0.5, 0.6) is 0 Å². The first kappa shape index (κ1) is 12.6. The van der Waals surface area contributed by atoms with Crippen LogP contribution in [0.1, 0.15) is 57.9 Å². The second-order valence-corrected chi connectivity index (χ2v) is 5.53. The third kappa shape index (κ3) is 2.38. The van der Waals surface area contributed by atoms with Crippen molar-refractivity contribution in [2.45, 2.75) is 57.8 Å². The van der Waals surface area contributed by atoms with Crippen molar-refractivity contribution in [1.82, 2.24) is 0 Å². The minimum atomic E-state index is -0.121. The van der Waals surface area contributed by atoms with Crippen LogP contribution in [-0.4, -0.2) is 0 Å². The van der Waals surface area contributed by atoms with Gasteiger partial charge in [-0.05, 0) is 41.9 Å². The van der Waals surface area contributed by atoms with Gasteiger partial charge in [0.1, 0.15) is 5.82 Å². The van der Waals surface area contributed by atoms with Gasteiger partial charge in [-0.15, -0.1) is 0 Å². The van der Waals surface area contributed by atoms with Crippen molar-refractivity contribution in [3.05, 3.63) is 35.6 Å². The highest BCUT2D eigenvalue weighted by atomic mass is 19.1. The van der Waals surface area contributed by atoms with Crippen molar-refractivity contribution in [2.75, 3.05) is 0 Å². The first-order valence-electron chi connectivity index (χ1n) is 6.95. The molecule has 2 rings (SSSR count). The van der Waals surface area contributed by atoms with Crippen LogP contribution in [0.2, 0.25) is 0 Å². The topological polar surface area (TPSA) is 0 Å². The van der Waals surface area contributed by atoms with E-state index in [4.69, 9.17) is 0 Å². The summed E-state index contributed by atoms with van der Waals surface area (Å²) in [5.41, 5.74) is 1.66. The zero-order chi connectivity index (χ0) is 12.3. The van der Waals surface area contributed by atoms with Crippen molar-refractivity contribution < 1.29 is 4.39 Å².